The van der Waals surface area contributed by atoms with Crippen LogP contribution in [0.5, 0.6) is 0 Å². The van der Waals surface area contributed by atoms with Gasteiger partial charge in [0.15, 0.2) is 0 Å². The number of aromatic nitrogens is 3. The second-order valence-electron chi connectivity index (χ2n) is 7.89. The maximum absolute atomic E-state index is 14.9. The minimum Gasteiger partial charge on any atom is -0.302 e. The number of nitrogens with zero attached hydrogens (tertiary/aromatic N) is 2. The van der Waals surface area contributed by atoms with Gasteiger partial charge in [0.25, 0.3) is 0 Å². The number of rotatable bonds is 7. The van der Waals surface area contributed by atoms with Gasteiger partial charge in [-0.05, 0) is 46.0 Å². The first-order valence-corrected chi connectivity index (χ1v) is 10.8. The second-order valence-corrected chi connectivity index (χ2v) is 7.89. The number of H-pyrrole nitrogens is 1. The average molecular weight is 435 g/mol. The lowest BCUT2D eigenvalue weighted by atomic mass is 9.95. The van der Waals surface area contributed by atoms with E-state index in [1.54, 1.807) is 12.4 Å². The van der Waals surface area contributed by atoms with Crippen molar-refractivity contribution in [2.75, 3.05) is 0 Å². The van der Waals surface area contributed by atoms with Crippen molar-refractivity contribution in [3.8, 4) is 22.3 Å². The molecule has 0 bridgehead atoms. The van der Waals surface area contributed by atoms with Gasteiger partial charge in [-0.2, -0.15) is 5.10 Å². The first-order valence-electron chi connectivity index (χ1n) is 10.8. The van der Waals surface area contributed by atoms with Gasteiger partial charge in [-0.1, -0.05) is 66.7 Å². The van der Waals surface area contributed by atoms with E-state index in [9.17, 15) is 4.39 Å². The van der Waals surface area contributed by atoms with Gasteiger partial charge in [0, 0.05) is 36.3 Å². The molecule has 0 spiro atoms. The molecule has 0 aliphatic heterocycles. The number of pyridine rings is 1. The molecule has 2 N–H and O–H groups in total. The largest absolute Gasteiger partial charge is 0.302 e. The molecule has 0 aliphatic carbocycles. The maximum Gasteiger partial charge on any atom is 0.131 e. The summed E-state index contributed by atoms with van der Waals surface area (Å²) in [7, 11) is 0. The predicted octanol–water partition coefficient (Wildman–Crippen LogP) is 6.16. The van der Waals surface area contributed by atoms with Crippen LogP contribution >= 0.6 is 0 Å². The zero-order valence-electron chi connectivity index (χ0n) is 17.9. The van der Waals surface area contributed by atoms with Gasteiger partial charge >= 0.3 is 0 Å². The second kappa shape index (κ2) is 9.59. The predicted molar refractivity (Wildman–Crippen MR) is 129 cm³/mol. The van der Waals surface area contributed by atoms with E-state index in [-0.39, 0.29) is 11.9 Å². The van der Waals surface area contributed by atoms with Crippen molar-refractivity contribution in [3.63, 3.8) is 0 Å². The first-order chi connectivity index (χ1) is 16.3. The quantitative estimate of drug-likeness (QED) is 0.323. The molecule has 33 heavy (non-hydrogen) atoms. The number of hydrogen-bond donors (Lipinski definition) is 2. The summed E-state index contributed by atoms with van der Waals surface area (Å²) >= 11 is 0. The lowest BCUT2D eigenvalue weighted by Gasteiger charge is -2.19. The lowest BCUT2D eigenvalue weighted by Crippen LogP contribution is -2.22. The number of halogens is 1. The Hall–Kier alpha value is -4.09. The topological polar surface area (TPSA) is 53.6 Å². The molecule has 0 saturated heterocycles. The van der Waals surface area contributed by atoms with Crippen LogP contribution in [-0.2, 0) is 6.54 Å². The Morgan fingerprint density at radius 3 is 2.30 bits per heavy atom. The lowest BCUT2D eigenvalue weighted by molar-refractivity contribution is 0.598. The molecule has 5 aromatic rings. The molecule has 0 aliphatic rings. The Morgan fingerprint density at radius 2 is 1.58 bits per heavy atom. The Balaban J connectivity index is 1.45. The van der Waals surface area contributed by atoms with Gasteiger partial charge in [-0.15, -0.1) is 0 Å². The number of hydrogen-bond acceptors (Lipinski definition) is 3. The molecule has 1 unspecified atom stereocenters. The maximum atomic E-state index is 14.9. The van der Waals surface area contributed by atoms with Gasteiger partial charge in [-0.25, -0.2) is 4.39 Å². The van der Waals surface area contributed by atoms with E-state index in [1.807, 2.05) is 79.1 Å². The molecule has 2 aromatic heterocycles. The molecular formula is C28H23FN4. The highest BCUT2D eigenvalue weighted by atomic mass is 19.1. The van der Waals surface area contributed by atoms with E-state index in [0.29, 0.717) is 12.1 Å². The normalized spacial score (nSPS) is 11.9. The van der Waals surface area contributed by atoms with Crippen molar-refractivity contribution in [2.45, 2.75) is 12.6 Å². The third kappa shape index (κ3) is 4.73. The average Bonchev–Trinajstić information content (AvgIpc) is 3.41. The SMILES string of the molecule is Fc1ccc(C(NCc2cccnc2)c2cn[nH]c2)cc1-c1ccc(-c2ccccc2)cc1. The van der Waals surface area contributed by atoms with Crippen molar-refractivity contribution < 1.29 is 4.39 Å². The summed E-state index contributed by atoms with van der Waals surface area (Å²) in [4.78, 5) is 4.18. The summed E-state index contributed by atoms with van der Waals surface area (Å²) in [5.41, 5.74) is 6.67. The van der Waals surface area contributed by atoms with Gasteiger partial charge in [0.2, 0.25) is 0 Å². The highest BCUT2D eigenvalue weighted by Gasteiger charge is 2.17. The molecule has 2 heterocycles. The van der Waals surface area contributed by atoms with Crippen LogP contribution in [0.3, 0.4) is 0 Å². The van der Waals surface area contributed by atoms with Crippen LogP contribution in [0.15, 0.2) is 110 Å². The molecule has 3 aromatic carbocycles. The number of aromatic amines is 1. The van der Waals surface area contributed by atoms with Gasteiger partial charge in [0.05, 0.1) is 12.2 Å². The Labute approximate surface area is 192 Å². The van der Waals surface area contributed by atoms with Crippen LogP contribution < -0.4 is 5.32 Å². The third-order valence-corrected chi connectivity index (χ3v) is 5.71. The van der Waals surface area contributed by atoms with E-state index in [4.69, 9.17) is 0 Å². The zero-order chi connectivity index (χ0) is 22.5. The summed E-state index contributed by atoms with van der Waals surface area (Å²) in [6.07, 6.45) is 7.24. The van der Waals surface area contributed by atoms with E-state index >= 15 is 0 Å². The van der Waals surface area contributed by atoms with Crippen LogP contribution in [0.4, 0.5) is 4.39 Å². The fourth-order valence-corrected chi connectivity index (χ4v) is 3.99. The summed E-state index contributed by atoms with van der Waals surface area (Å²) in [6, 6.07) is 27.2. The highest BCUT2D eigenvalue weighted by molar-refractivity contribution is 5.71. The summed E-state index contributed by atoms with van der Waals surface area (Å²) in [5, 5.41) is 10.6. The van der Waals surface area contributed by atoms with Crippen LogP contribution in [-0.4, -0.2) is 15.2 Å². The molecule has 0 radical (unpaired) electrons. The van der Waals surface area contributed by atoms with Crippen LogP contribution in [0.1, 0.15) is 22.7 Å². The smallest absolute Gasteiger partial charge is 0.131 e. The van der Waals surface area contributed by atoms with Crippen molar-refractivity contribution in [1.82, 2.24) is 20.5 Å². The molecule has 5 heteroatoms. The highest BCUT2D eigenvalue weighted by Crippen LogP contribution is 2.31. The molecule has 0 fully saturated rings. The minimum absolute atomic E-state index is 0.146. The fraction of sp³-hybridized carbons (Fsp3) is 0.0714. The molecule has 5 rings (SSSR count). The minimum atomic E-state index is -0.246. The summed E-state index contributed by atoms with van der Waals surface area (Å²) < 4.78 is 14.9. The summed E-state index contributed by atoms with van der Waals surface area (Å²) in [5.74, 6) is -0.246. The Morgan fingerprint density at radius 1 is 0.788 bits per heavy atom. The van der Waals surface area contributed by atoms with Crippen LogP contribution in [0, 0.1) is 5.82 Å². The van der Waals surface area contributed by atoms with Crippen molar-refractivity contribution in [2.24, 2.45) is 0 Å². The third-order valence-electron chi connectivity index (χ3n) is 5.71. The van der Waals surface area contributed by atoms with Gasteiger partial charge in [-0.3, -0.25) is 10.1 Å². The van der Waals surface area contributed by atoms with E-state index < -0.39 is 0 Å². The molecule has 0 saturated carbocycles. The Kier molecular flexibility index (Phi) is 6.04. The molecular weight excluding hydrogens is 411 g/mol. The fourth-order valence-electron chi connectivity index (χ4n) is 3.99. The van der Waals surface area contributed by atoms with Crippen LogP contribution in [0.2, 0.25) is 0 Å². The van der Waals surface area contributed by atoms with Gasteiger partial charge in [0.1, 0.15) is 5.82 Å². The van der Waals surface area contributed by atoms with Crippen molar-refractivity contribution in [3.05, 3.63) is 132 Å². The zero-order valence-corrected chi connectivity index (χ0v) is 17.9. The molecule has 0 amide bonds. The Bertz CT molecular complexity index is 1300. The van der Waals surface area contributed by atoms with Gasteiger partial charge < -0.3 is 5.32 Å². The number of benzene rings is 3. The van der Waals surface area contributed by atoms with E-state index in [1.165, 1.54) is 6.07 Å². The van der Waals surface area contributed by atoms with Crippen molar-refractivity contribution >= 4 is 0 Å². The van der Waals surface area contributed by atoms with E-state index in [2.05, 4.69) is 32.6 Å². The van der Waals surface area contributed by atoms with E-state index in [0.717, 1.165) is 33.4 Å². The van der Waals surface area contributed by atoms with Crippen LogP contribution in [0.25, 0.3) is 22.3 Å². The summed E-state index contributed by atoms with van der Waals surface area (Å²) in [6.45, 7) is 0.627. The molecule has 162 valence electrons. The monoisotopic (exact) mass is 434 g/mol. The standard InChI is InChI=1S/C28H23FN4/c29-27-13-12-24(28(25-18-32-33-19-25)31-17-20-5-4-14-30-16-20)15-26(27)23-10-8-22(9-11-23)21-6-2-1-3-7-21/h1-16,18-19,28,31H,17H2,(H,32,33). The van der Waals surface area contributed by atoms with Crippen molar-refractivity contribution in [1.29, 1.82) is 0 Å². The number of nitrogens with one attached hydrogen (secondary N) is 2. The molecule has 4 nitrogen and oxygen atoms in total. The molecule has 1 atom stereocenters. The first kappa shape index (κ1) is 20.8.